The molecule has 1 aliphatic rings. The van der Waals surface area contributed by atoms with Gasteiger partial charge in [0.15, 0.2) is 11.8 Å². The van der Waals surface area contributed by atoms with Gasteiger partial charge in [0.2, 0.25) is 0 Å². The molecule has 7 heteroatoms. The van der Waals surface area contributed by atoms with Gasteiger partial charge in [-0.1, -0.05) is 24.3 Å². The van der Waals surface area contributed by atoms with Crippen LogP contribution >= 0.6 is 11.3 Å². The number of hydrogen-bond donors (Lipinski definition) is 2. The molecular formula is C15H14N2O4S. The zero-order valence-corrected chi connectivity index (χ0v) is 12.4. The maximum Gasteiger partial charge on any atom is 0.355 e. The van der Waals surface area contributed by atoms with Crippen LogP contribution in [0.1, 0.15) is 32.7 Å². The number of ether oxygens (including phenoxy) is 1. The lowest BCUT2D eigenvalue weighted by molar-refractivity contribution is -0.134. The third kappa shape index (κ3) is 3.00. The number of carbonyl (C=O) groups excluding carboxylic acids is 1. The van der Waals surface area contributed by atoms with Gasteiger partial charge in [0.1, 0.15) is 5.01 Å². The number of carboxylic acids is 1. The van der Waals surface area contributed by atoms with E-state index in [0.29, 0.717) is 11.6 Å². The third-order valence-corrected chi connectivity index (χ3v) is 4.27. The fraction of sp³-hybridized carbons (Fsp3) is 0.267. The predicted molar refractivity (Wildman–Crippen MR) is 79.8 cm³/mol. The van der Waals surface area contributed by atoms with Crippen LogP contribution in [0.25, 0.3) is 0 Å². The molecule has 3 rings (SSSR count). The topological polar surface area (TPSA) is 88.5 Å². The summed E-state index contributed by atoms with van der Waals surface area (Å²) in [6, 6.07) is 7.72. The number of amides is 1. The van der Waals surface area contributed by atoms with Crippen LogP contribution in [-0.2, 0) is 22.5 Å². The van der Waals surface area contributed by atoms with E-state index in [2.05, 4.69) is 10.3 Å². The summed E-state index contributed by atoms with van der Waals surface area (Å²) in [5, 5.41) is 13.6. The molecule has 0 saturated carbocycles. The van der Waals surface area contributed by atoms with Gasteiger partial charge in [0.25, 0.3) is 5.91 Å². The van der Waals surface area contributed by atoms with Crippen molar-refractivity contribution in [2.24, 2.45) is 0 Å². The van der Waals surface area contributed by atoms with E-state index in [4.69, 9.17) is 9.84 Å². The second-order valence-corrected chi connectivity index (χ2v) is 5.79. The molecule has 0 radical (unpaired) electrons. The molecule has 1 amide bonds. The van der Waals surface area contributed by atoms with Gasteiger partial charge in [0.05, 0.1) is 13.2 Å². The largest absolute Gasteiger partial charge is 0.476 e. The Kier molecular flexibility index (Phi) is 4.17. The monoisotopic (exact) mass is 318 g/mol. The Labute approximate surface area is 130 Å². The number of thiazole rings is 1. The van der Waals surface area contributed by atoms with Crippen molar-refractivity contribution in [1.82, 2.24) is 10.3 Å². The molecule has 22 heavy (non-hydrogen) atoms. The fourth-order valence-electron chi connectivity index (χ4n) is 2.36. The smallest absolute Gasteiger partial charge is 0.355 e. The third-order valence-electron chi connectivity index (χ3n) is 3.42. The first kappa shape index (κ1) is 14.7. The van der Waals surface area contributed by atoms with Crippen molar-refractivity contribution in [2.75, 3.05) is 6.61 Å². The number of nitrogens with zero attached hydrogens (tertiary/aromatic N) is 1. The van der Waals surface area contributed by atoms with Gasteiger partial charge in [-0.05, 0) is 17.5 Å². The van der Waals surface area contributed by atoms with Crippen molar-refractivity contribution >= 4 is 23.2 Å². The quantitative estimate of drug-likeness (QED) is 0.897. The van der Waals surface area contributed by atoms with E-state index in [-0.39, 0.29) is 18.1 Å². The number of benzene rings is 1. The summed E-state index contributed by atoms with van der Waals surface area (Å²) in [5.74, 6) is -1.31. The van der Waals surface area contributed by atoms with Gasteiger partial charge >= 0.3 is 5.97 Å². The second-order valence-electron chi connectivity index (χ2n) is 4.85. The minimum Gasteiger partial charge on any atom is -0.476 e. The zero-order chi connectivity index (χ0) is 15.5. The second kappa shape index (κ2) is 6.25. The van der Waals surface area contributed by atoms with Crippen LogP contribution in [0.5, 0.6) is 0 Å². The summed E-state index contributed by atoms with van der Waals surface area (Å²) in [7, 11) is 0. The Balaban J connectivity index is 1.66. The van der Waals surface area contributed by atoms with Gasteiger partial charge < -0.3 is 15.2 Å². The van der Waals surface area contributed by atoms with Crippen molar-refractivity contribution < 1.29 is 19.4 Å². The summed E-state index contributed by atoms with van der Waals surface area (Å²) in [6.45, 7) is 0.703. The lowest BCUT2D eigenvalue weighted by Crippen LogP contribution is -2.33. The molecule has 0 aliphatic carbocycles. The molecule has 1 aliphatic heterocycles. The van der Waals surface area contributed by atoms with E-state index >= 15 is 0 Å². The first-order valence-electron chi connectivity index (χ1n) is 6.80. The summed E-state index contributed by atoms with van der Waals surface area (Å²) in [6.07, 6.45) is 0.179. The van der Waals surface area contributed by atoms with Crippen molar-refractivity contribution in [2.45, 2.75) is 19.1 Å². The molecule has 1 atom stereocenters. The van der Waals surface area contributed by atoms with E-state index in [1.54, 1.807) is 0 Å². The lowest BCUT2D eigenvalue weighted by atomic mass is 9.97. The van der Waals surface area contributed by atoms with E-state index in [0.717, 1.165) is 17.5 Å². The summed E-state index contributed by atoms with van der Waals surface area (Å²) in [4.78, 5) is 27.0. The average molecular weight is 318 g/mol. The number of nitrogens with one attached hydrogen (secondary N) is 1. The minimum absolute atomic E-state index is 0.00601. The number of fused-ring (bicyclic) bond motifs is 1. The highest BCUT2D eigenvalue weighted by Crippen LogP contribution is 2.27. The van der Waals surface area contributed by atoms with Gasteiger partial charge in [-0.25, -0.2) is 9.78 Å². The molecule has 1 aromatic heterocycles. The summed E-state index contributed by atoms with van der Waals surface area (Å²) < 4.78 is 5.57. The molecule has 0 fully saturated rings. The van der Waals surface area contributed by atoms with Crippen molar-refractivity contribution in [3.63, 3.8) is 0 Å². The van der Waals surface area contributed by atoms with Crippen LogP contribution in [-0.4, -0.2) is 28.6 Å². The van der Waals surface area contributed by atoms with Crippen LogP contribution in [0, 0.1) is 0 Å². The van der Waals surface area contributed by atoms with Crippen molar-refractivity contribution in [1.29, 1.82) is 0 Å². The molecule has 114 valence electrons. The van der Waals surface area contributed by atoms with Crippen LogP contribution in [0.15, 0.2) is 29.6 Å². The van der Waals surface area contributed by atoms with E-state index in [9.17, 15) is 9.59 Å². The molecular weight excluding hydrogens is 304 g/mol. The minimum atomic E-state index is -1.07. The number of aromatic carboxylic acids is 1. The van der Waals surface area contributed by atoms with Gasteiger partial charge in [0, 0.05) is 5.38 Å². The van der Waals surface area contributed by atoms with Crippen LogP contribution in [0.3, 0.4) is 0 Å². The molecule has 2 N–H and O–H groups in total. The number of rotatable bonds is 4. The number of hydrogen-bond acceptors (Lipinski definition) is 5. The first-order valence-corrected chi connectivity index (χ1v) is 7.68. The Morgan fingerprint density at radius 1 is 1.41 bits per heavy atom. The highest BCUT2D eigenvalue weighted by molar-refractivity contribution is 7.09. The number of carboxylic acid groups (broad SMARTS) is 1. The van der Waals surface area contributed by atoms with Gasteiger partial charge in [-0.2, -0.15) is 0 Å². The Morgan fingerprint density at radius 2 is 2.23 bits per heavy atom. The maximum atomic E-state index is 12.3. The van der Waals surface area contributed by atoms with Crippen LogP contribution in [0.2, 0.25) is 0 Å². The van der Waals surface area contributed by atoms with E-state index in [1.165, 1.54) is 16.7 Å². The molecule has 2 aromatic rings. The molecule has 6 nitrogen and oxygen atoms in total. The molecule has 1 aromatic carbocycles. The predicted octanol–water partition coefficient (Wildman–Crippen LogP) is 1.77. The molecule has 0 saturated heterocycles. The zero-order valence-electron chi connectivity index (χ0n) is 11.6. The van der Waals surface area contributed by atoms with E-state index in [1.807, 2.05) is 24.3 Å². The maximum absolute atomic E-state index is 12.3. The van der Waals surface area contributed by atoms with Gasteiger partial charge in [-0.3, -0.25) is 4.79 Å². The standard InChI is InChI=1S/C15H14N2O4S/c18-14(16-7-12-17-11(8-22-12)15(19)20)13-10-4-2-1-3-9(10)5-6-21-13/h1-4,8,13H,5-7H2,(H,16,18)(H,19,20)/t13-/m0/s1. The fourth-order valence-corrected chi connectivity index (χ4v) is 3.06. The molecule has 0 unspecified atom stereocenters. The van der Waals surface area contributed by atoms with Crippen molar-refractivity contribution in [3.05, 3.63) is 51.5 Å². The molecule has 2 heterocycles. The highest BCUT2D eigenvalue weighted by atomic mass is 32.1. The Morgan fingerprint density at radius 3 is 3.00 bits per heavy atom. The average Bonchev–Trinajstić information content (AvgIpc) is 3.01. The van der Waals surface area contributed by atoms with Crippen LogP contribution in [0.4, 0.5) is 0 Å². The van der Waals surface area contributed by atoms with Crippen molar-refractivity contribution in [3.8, 4) is 0 Å². The first-order chi connectivity index (χ1) is 10.6. The summed E-state index contributed by atoms with van der Waals surface area (Å²) >= 11 is 1.20. The number of carbonyl (C=O) groups is 2. The molecule has 0 bridgehead atoms. The normalized spacial score (nSPS) is 16.8. The SMILES string of the molecule is O=C(O)c1csc(CNC(=O)[C@H]2OCCc3ccccc32)n1. The van der Waals surface area contributed by atoms with Gasteiger partial charge in [-0.15, -0.1) is 11.3 Å². The number of aromatic nitrogens is 1. The Bertz CT molecular complexity index is 713. The summed E-state index contributed by atoms with van der Waals surface area (Å²) in [5.41, 5.74) is 2.00. The van der Waals surface area contributed by atoms with E-state index < -0.39 is 12.1 Å². The lowest BCUT2D eigenvalue weighted by Gasteiger charge is -2.25. The Hall–Kier alpha value is -2.25. The highest BCUT2D eigenvalue weighted by Gasteiger charge is 2.27. The van der Waals surface area contributed by atoms with Crippen LogP contribution < -0.4 is 5.32 Å². The molecule has 0 spiro atoms.